The Balaban J connectivity index is 2.13. The van der Waals surface area contributed by atoms with Gasteiger partial charge in [0.2, 0.25) is 0 Å². The second-order valence-corrected chi connectivity index (χ2v) is 7.51. The lowest BCUT2D eigenvalue weighted by Crippen LogP contribution is -2.11. The zero-order valence-corrected chi connectivity index (χ0v) is 15.9. The number of H-pyrrole nitrogens is 1. The molecule has 0 spiro atoms. The van der Waals surface area contributed by atoms with E-state index in [0.29, 0.717) is 33.3 Å². The first-order valence-corrected chi connectivity index (χ1v) is 8.84. The minimum absolute atomic E-state index is 0.295. The number of thiophene rings is 1. The third-order valence-electron chi connectivity index (χ3n) is 3.32. The van der Waals surface area contributed by atoms with Crippen molar-refractivity contribution in [2.24, 2.45) is 0 Å². The molecular formula is C16H12BrClN2O3S. The summed E-state index contributed by atoms with van der Waals surface area (Å²) in [6.07, 6.45) is 1.74. The predicted octanol–water partition coefficient (Wildman–Crippen LogP) is 4.50. The normalized spacial score (nSPS) is 11.8. The van der Waals surface area contributed by atoms with Gasteiger partial charge < -0.3 is 14.5 Å². The lowest BCUT2D eigenvalue weighted by atomic mass is 10.2. The van der Waals surface area contributed by atoms with Gasteiger partial charge in [-0.15, -0.1) is 11.3 Å². The molecule has 1 aromatic carbocycles. The monoisotopic (exact) mass is 426 g/mol. The summed E-state index contributed by atoms with van der Waals surface area (Å²) in [6.45, 7) is 0. The Morgan fingerprint density at radius 2 is 2.00 bits per heavy atom. The van der Waals surface area contributed by atoms with Crippen LogP contribution >= 0.6 is 38.9 Å². The summed E-state index contributed by atoms with van der Waals surface area (Å²) in [6, 6.07) is 5.18. The van der Waals surface area contributed by atoms with Crippen LogP contribution in [0.4, 0.5) is 0 Å². The molecule has 0 aliphatic heterocycles. The number of methoxy groups -OCH3 is 2. The van der Waals surface area contributed by atoms with E-state index in [1.165, 1.54) is 14.2 Å². The summed E-state index contributed by atoms with van der Waals surface area (Å²) in [5.74, 6) is 1.26. The van der Waals surface area contributed by atoms with Crippen LogP contribution < -0.4 is 15.0 Å². The molecule has 0 saturated carbocycles. The number of nitrogens with one attached hydrogen (secondary N) is 1. The highest BCUT2D eigenvalue weighted by Crippen LogP contribution is 2.31. The van der Waals surface area contributed by atoms with Crippen LogP contribution in [0.1, 0.15) is 11.4 Å². The molecule has 0 radical (unpaired) electrons. The molecular weight excluding hydrogens is 416 g/mol. The smallest absolute Gasteiger partial charge is 0.259 e. The van der Waals surface area contributed by atoms with Crippen molar-refractivity contribution in [1.82, 2.24) is 9.97 Å². The molecule has 0 unspecified atom stereocenters. The second-order valence-electron chi connectivity index (χ2n) is 4.82. The first kappa shape index (κ1) is 17.0. The van der Waals surface area contributed by atoms with Gasteiger partial charge in [0.25, 0.3) is 5.56 Å². The Bertz CT molecular complexity index is 997. The van der Waals surface area contributed by atoms with E-state index in [1.54, 1.807) is 29.5 Å². The summed E-state index contributed by atoms with van der Waals surface area (Å²) in [4.78, 5) is 19.5. The highest BCUT2D eigenvalue weighted by atomic mass is 79.9. The van der Waals surface area contributed by atoms with E-state index in [2.05, 4.69) is 25.9 Å². The third-order valence-corrected chi connectivity index (χ3v) is 5.13. The van der Waals surface area contributed by atoms with Crippen molar-refractivity contribution in [2.75, 3.05) is 14.2 Å². The van der Waals surface area contributed by atoms with Crippen LogP contribution in [0, 0.1) is 0 Å². The van der Waals surface area contributed by atoms with E-state index in [0.717, 1.165) is 9.35 Å². The molecule has 0 bridgehead atoms. The average Bonchev–Trinajstić information content (AvgIpc) is 2.98. The number of hydrogen-bond acceptors (Lipinski definition) is 5. The molecule has 0 fully saturated rings. The van der Waals surface area contributed by atoms with Gasteiger partial charge >= 0.3 is 0 Å². The number of nitrogens with zero attached hydrogens (tertiary/aromatic N) is 1. The van der Waals surface area contributed by atoms with Crippen molar-refractivity contribution >= 4 is 60.9 Å². The predicted molar refractivity (Wildman–Crippen MR) is 101 cm³/mol. The number of rotatable bonds is 4. The largest absolute Gasteiger partial charge is 0.493 e. The minimum Gasteiger partial charge on any atom is -0.493 e. The zero-order chi connectivity index (χ0) is 17.3. The molecule has 2 aromatic heterocycles. The number of hydrogen-bond donors (Lipinski definition) is 1. The molecule has 0 aliphatic carbocycles. The number of halogens is 2. The zero-order valence-electron chi connectivity index (χ0n) is 12.7. The molecule has 24 heavy (non-hydrogen) atoms. The highest BCUT2D eigenvalue weighted by molar-refractivity contribution is 9.11. The minimum atomic E-state index is -0.297. The van der Waals surface area contributed by atoms with Crippen molar-refractivity contribution in [3.63, 3.8) is 0 Å². The molecule has 0 atom stereocenters. The van der Waals surface area contributed by atoms with Crippen LogP contribution in [-0.4, -0.2) is 24.2 Å². The molecule has 0 amide bonds. The summed E-state index contributed by atoms with van der Waals surface area (Å²) in [5.41, 5.74) is 1.10. The Labute approximate surface area is 155 Å². The summed E-state index contributed by atoms with van der Waals surface area (Å²) in [7, 11) is 3.04. The Kier molecular flexibility index (Phi) is 4.93. The van der Waals surface area contributed by atoms with Crippen molar-refractivity contribution < 1.29 is 9.47 Å². The number of ether oxygens (including phenoxy) is 2. The van der Waals surface area contributed by atoms with Crippen LogP contribution in [-0.2, 0) is 0 Å². The first-order valence-electron chi connectivity index (χ1n) is 6.79. The average molecular weight is 428 g/mol. The fraction of sp³-hybridized carbons (Fsp3) is 0.125. The number of benzene rings is 1. The van der Waals surface area contributed by atoms with Gasteiger partial charge in [0.1, 0.15) is 0 Å². The molecule has 3 rings (SSSR count). The van der Waals surface area contributed by atoms with E-state index in [1.807, 2.05) is 11.4 Å². The Morgan fingerprint density at radius 3 is 2.62 bits per heavy atom. The lowest BCUT2D eigenvalue weighted by Gasteiger charge is -2.09. The van der Waals surface area contributed by atoms with Crippen LogP contribution in [0.3, 0.4) is 0 Å². The van der Waals surface area contributed by atoms with E-state index in [9.17, 15) is 4.79 Å². The van der Waals surface area contributed by atoms with Crippen LogP contribution in [0.15, 0.2) is 32.2 Å². The quantitative estimate of drug-likeness (QED) is 0.666. The van der Waals surface area contributed by atoms with Gasteiger partial charge in [-0.3, -0.25) is 4.79 Å². The Morgan fingerprint density at radius 1 is 1.29 bits per heavy atom. The fourth-order valence-electron chi connectivity index (χ4n) is 2.19. The van der Waals surface area contributed by atoms with Crippen molar-refractivity contribution in [1.29, 1.82) is 0 Å². The molecule has 124 valence electrons. The van der Waals surface area contributed by atoms with Crippen molar-refractivity contribution in [3.05, 3.63) is 49.1 Å². The van der Waals surface area contributed by atoms with Crippen LogP contribution in [0.25, 0.3) is 22.0 Å². The van der Waals surface area contributed by atoms with Gasteiger partial charge in [-0.1, -0.05) is 11.6 Å². The second kappa shape index (κ2) is 6.96. The molecule has 2 heterocycles. The topological polar surface area (TPSA) is 64.2 Å². The van der Waals surface area contributed by atoms with Crippen molar-refractivity contribution in [3.8, 4) is 11.5 Å². The van der Waals surface area contributed by atoms with Gasteiger partial charge in [-0.05, 0) is 45.1 Å². The first-order chi connectivity index (χ1) is 11.5. The molecule has 0 aliphatic rings. The molecule has 8 heteroatoms. The Hall–Kier alpha value is -1.83. The van der Waals surface area contributed by atoms with Crippen molar-refractivity contribution in [2.45, 2.75) is 0 Å². The van der Waals surface area contributed by atoms with Gasteiger partial charge in [0.15, 0.2) is 17.3 Å². The number of fused-ring (bicyclic) bond motifs is 1. The maximum atomic E-state index is 12.3. The van der Waals surface area contributed by atoms with Gasteiger partial charge in [0.05, 0.1) is 33.9 Å². The summed E-state index contributed by atoms with van der Waals surface area (Å²) in [5, 5.41) is 2.69. The third kappa shape index (κ3) is 3.33. The lowest BCUT2D eigenvalue weighted by molar-refractivity contribution is 0.355. The van der Waals surface area contributed by atoms with E-state index in [-0.39, 0.29) is 5.56 Å². The fourth-order valence-corrected chi connectivity index (χ4v) is 3.54. The molecule has 1 N–H and O–H groups in total. The van der Waals surface area contributed by atoms with Gasteiger partial charge in [0, 0.05) is 6.07 Å². The van der Waals surface area contributed by atoms with E-state index < -0.39 is 0 Å². The van der Waals surface area contributed by atoms with Crippen LogP contribution in [0.5, 0.6) is 11.5 Å². The van der Waals surface area contributed by atoms with Gasteiger partial charge in [-0.25, -0.2) is 4.98 Å². The number of aromatic amines is 1. The molecule has 3 aromatic rings. The SMILES string of the molecule is COc1cc2nc(/C(Cl)=C/c3csc(Br)c3)[nH]c(=O)c2cc1OC. The standard InChI is InChI=1S/C16H12BrClN2O3S/c1-22-12-5-9-11(6-13(12)23-2)19-15(20-16(9)21)10(18)3-8-4-14(17)24-7-8/h3-7H,1-2H3,(H,19,20,21)/b10-3-. The summed E-state index contributed by atoms with van der Waals surface area (Å²) >= 11 is 11.3. The molecule has 0 saturated heterocycles. The van der Waals surface area contributed by atoms with E-state index >= 15 is 0 Å². The maximum absolute atomic E-state index is 12.3. The van der Waals surface area contributed by atoms with Gasteiger partial charge in [-0.2, -0.15) is 0 Å². The highest BCUT2D eigenvalue weighted by Gasteiger charge is 2.12. The summed E-state index contributed by atoms with van der Waals surface area (Å²) < 4.78 is 11.5. The molecule has 5 nitrogen and oxygen atoms in total. The van der Waals surface area contributed by atoms with E-state index in [4.69, 9.17) is 21.1 Å². The van der Waals surface area contributed by atoms with Crippen LogP contribution in [0.2, 0.25) is 0 Å². The number of aromatic nitrogens is 2. The maximum Gasteiger partial charge on any atom is 0.259 e.